The fourth-order valence-corrected chi connectivity index (χ4v) is 5.96. The first-order valence-corrected chi connectivity index (χ1v) is 11.7. The van der Waals surface area contributed by atoms with Crippen molar-refractivity contribution in [1.82, 2.24) is 0 Å². The average molecular weight is 417 g/mol. The minimum absolute atomic E-state index is 0.309. The van der Waals surface area contributed by atoms with Crippen molar-refractivity contribution in [1.29, 1.82) is 0 Å². The normalized spacial score (nSPS) is 22.7. The minimum Gasteiger partial charge on any atom is -0.508 e. The van der Waals surface area contributed by atoms with Gasteiger partial charge in [-0.2, -0.15) is 0 Å². The molecule has 4 rings (SSSR count). The van der Waals surface area contributed by atoms with Crippen molar-refractivity contribution in [2.75, 3.05) is 0 Å². The molecule has 2 nitrogen and oxygen atoms in total. The lowest BCUT2D eigenvalue weighted by atomic mass is 9.59. The van der Waals surface area contributed by atoms with Crippen molar-refractivity contribution in [2.24, 2.45) is 17.3 Å². The van der Waals surface area contributed by atoms with Crippen molar-refractivity contribution >= 4 is 11.1 Å². The highest BCUT2D eigenvalue weighted by molar-refractivity contribution is 5.70. The summed E-state index contributed by atoms with van der Waals surface area (Å²) in [6.07, 6.45) is 7.09. The number of phenols is 2. The Morgan fingerprint density at radius 2 is 1.00 bits per heavy atom. The average Bonchev–Trinajstić information content (AvgIpc) is 2.75. The van der Waals surface area contributed by atoms with E-state index in [1.54, 1.807) is 24.3 Å². The molecule has 0 saturated carbocycles. The van der Waals surface area contributed by atoms with Crippen molar-refractivity contribution in [3.05, 3.63) is 70.8 Å². The van der Waals surface area contributed by atoms with Gasteiger partial charge in [0.05, 0.1) is 0 Å². The third-order valence-electron chi connectivity index (χ3n) is 8.16. The third-order valence-corrected chi connectivity index (χ3v) is 8.16. The summed E-state index contributed by atoms with van der Waals surface area (Å²) in [6.45, 7) is 9.61. The summed E-state index contributed by atoms with van der Waals surface area (Å²) in [5, 5.41) is 19.2. The fraction of sp³-hybridized carbons (Fsp3) is 0.448. The van der Waals surface area contributed by atoms with Gasteiger partial charge in [0.15, 0.2) is 0 Å². The molecule has 2 heteroatoms. The maximum atomic E-state index is 9.61. The lowest BCUT2D eigenvalue weighted by Gasteiger charge is -2.46. The molecule has 0 heterocycles. The first kappa shape index (κ1) is 21.7. The quantitative estimate of drug-likeness (QED) is 0.530. The van der Waals surface area contributed by atoms with Crippen molar-refractivity contribution in [2.45, 2.75) is 66.2 Å². The minimum atomic E-state index is 0.309. The van der Waals surface area contributed by atoms with Crippen LogP contribution in [0.1, 0.15) is 77.3 Å². The van der Waals surface area contributed by atoms with Crippen LogP contribution in [0.4, 0.5) is 0 Å². The van der Waals surface area contributed by atoms with E-state index in [1.165, 1.54) is 59.1 Å². The van der Waals surface area contributed by atoms with E-state index in [0.29, 0.717) is 28.7 Å². The smallest absolute Gasteiger partial charge is 0.115 e. The van der Waals surface area contributed by atoms with Crippen molar-refractivity contribution in [3.8, 4) is 11.5 Å². The third kappa shape index (κ3) is 4.44. The Morgan fingerprint density at radius 1 is 0.645 bits per heavy atom. The monoisotopic (exact) mass is 416 g/mol. The molecule has 2 aliphatic carbocycles. The molecule has 2 N–H and O–H groups in total. The van der Waals surface area contributed by atoms with E-state index >= 15 is 0 Å². The molecule has 0 saturated heterocycles. The zero-order valence-corrected chi connectivity index (χ0v) is 19.4. The van der Waals surface area contributed by atoms with Crippen LogP contribution in [0.2, 0.25) is 0 Å². The van der Waals surface area contributed by atoms with Crippen molar-refractivity contribution in [3.63, 3.8) is 0 Å². The Bertz CT molecular complexity index is 909. The van der Waals surface area contributed by atoms with Gasteiger partial charge in [-0.05, 0) is 116 Å². The summed E-state index contributed by atoms with van der Waals surface area (Å²) in [6, 6.07) is 15.4. The number of hydrogen-bond acceptors (Lipinski definition) is 2. The molecule has 0 aliphatic heterocycles. The highest BCUT2D eigenvalue weighted by atomic mass is 16.3. The lowest BCUT2D eigenvalue weighted by Crippen LogP contribution is -2.35. The molecule has 0 bridgehead atoms. The van der Waals surface area contributed by atoms with Crippen LogP contribution in [-0.2, 0) is 0 Å². The first-order chi connectivity index (χ1) is 14.8. The second-order valence-electron chi connectivity index (χ2n) is 10.3. The van der Waals surface area contributed by atoms with E-state index < -0.39 is 0 Å². The summed E-state index contributed by atoms with van der Waals surface area (Å²) in [7, 11) is 0. The molecule has 0 fully saturated rings. The van der Waals surface area contributed by atoms with Crippen LogP contribution in [0.3, 0.4) is 0 Å². The van der Waals surface area contributed by atoms with Gasteiger partial charge in [-0.25, -0.2) is 0 Å². The van der Waals surface area contributed by atoms with E-state index in [-0.39, 0.29) is 0 Å². The van der Waals surface area contributed by atoms with Crippen LogP contribution < -0.4 is 0 Å². The zero-order chi connectivity index (χ0) is 22.2. The Kier molecular flexibility index (Phi) is 6.01. The number of rotatable bonds is 4. The second-order valence-corrected chi connectivity index (χ2v) is 10.3. The van der Waals surface area contributed by atoms with Gasteiger partial charge in [-0.3, -0.25) is 0 Å². The number of aromatic hydroxyl groups is 2. The molecule has 2 atom stereocenters. The largest absolute Gasteiger partial charge is 0.508 e. The van der Waals surface area contributed by atoms with Gasteiger partial charge in [0.2, 0.25) is 0 Å². The van der Waals surface area contributed by atoms with E-state index in [1.807, 2.05) is 0 Å². The number of hydrogen-bond donors (Lipinski definition) is 2. The second kappa shape index (κ2) is 8.57. The predicted octanol–water partition coefficient (Wildman–Crippen LogP) is 7.97. The molecule has 0 radical (unpaired) electrons. The van der Waals surface area contributed by atoms with Crippen LogP contribution >= 0.6 is 0 Å². The highest BCUT2D eigenvalue weighted by Gasteiger charge is 2.40. The Labute approximate surface area is 187 Å². The van der Waals surface area contributed by atoms with Crippen LogP contribution in [0.25, 0.3) is 11.1 Å². The molecule has 0 spiro atoms. The molecule has 2 aromatic carbocycles. The van der Waals surface area contributed by atoms with Gasteiger partial charge >= 0.3 is 0 Å². The highest BCUT2D eigenvalue weighted by Crippen LogP contribution is 2.52. The van der Waals surface area contributed by atoms with E-state index in [2.05, 4.69) is 52.0 Å². The van der Waals surface area contributed by atoms with Gasteiger partial charge in [0.1, 0.15) is 11.5 Å². The number of phenolic OH excluding ortho intramolecular Hbond substituents is 2. The summed E-state index contributed by atoms with van der Waals surface area (Å²) < 4.78 is 0. The number of benzene rings is 2. The van der Waals surface area contributed by atoms with Gasteiger partial charge in [-0.1, -0.05) is 49.3 Å². The maximum Gasteiger partial charge on any atom is 0.115 e. The van der Waals surface area contributed by atoms with E-state index in [0.717, 1.165) is 12.8 Å². The summed E-state index contributed by atoms with van der Waals surface area (Å²) in [5.74, 6) is 2.09. The standard InChI is InChI=1S/C29H36O2/c1-19-17-23(9-15-27(19)21-5-11-25(30)12-6-21)29(3,4)24-10-16-28(20(2)18-24)22-7-13-26(31)14-8-22/h5-8,11-14,23-24,30-31H,9-10,15-18H2,1-4H3. The predicted molar refractivity (Wildman–Crippen MR) is 130 cm³/mol. The van der Waals surface area contributed by atoms with Crippen LogP contribution in [0.5, 0.6) is 11.5 Å². The molecule has 2 aromatic rings. The van der Waals surface area contributed by atoms with Crippen LogP contribution in [-0.4, -0.2) is 10.2 Å². The van der Waals surface area contributed by atoms with E-state index in [4.69, 9.17) is 0 Å². The van der Waals surface area contributed by atoms with Gasteiger partial charge in [-0.15, -0.1) is 0 Å². The molecule has 0 aromatic heterocycles. The topological polar surface area (TPSA) is 40.5 Å². The Morgan fingerprint density at radius 3 is 1.32 bits per heavy atom. The molecular weight excluding hydrogens is 380 g/mol. The molecule has 2 unspecified atom stereocenters. The fourth-order valence-electron chi connectivity index (χ4n) is 5.96. The van der Waals surface area contributed by atoms with Crippen LogP contribution in [0, 0.1) is 17.3 Å². The summed E-state index contributed by atoms with van der Waals surface area (Å²) in [5.41, 5.74) is 8.82. The molecular formula is C29H36O2. The zero-order valence-electron chi connectivity index (χ0n) is 19.4. The Hall–Kier alpha value is -2.48. The maximum absolute atomic E-state index is 9.61. The summed E-state index contributed by atoms with van der Waals surface area (Å²) in [4.78, 5) is 0. The molecule has 0 amide bonds. The first-order valence-electron chi connectivity index (χ1n) is 11.7. The number of allylic oxidation sites excluding steroid dienone is 4. The van der Waals surface area contributed by atoms with Crippen LogP contribution in [0.15, 0.2) is 59.7 Å². The Balaban J connectivity index is 1.49. The molecule has 31 heavy (non-hydrogen) atoms. The van der Waals surface area contributed by atoms with Gasteiger partial charge in [0, 0.05) is 0 Å². The molecule has 164 valence electrons. The van der Waals surface area contributed by atoms with Crippen molar-refractivity contribution < 1.29 is 10.2 Å². The van der Waals surface area contributed by atoms with E-state index in [9.17, 15) is 10.2 Å². The molecule has 2 aliphatic rings. The van der Waals surface area contributed by atoms with Gasteiger partial charge in [0.25, 0.3) is 0 Å². The van der Waals surface area contributed by atoms with Gasteiger partial charge < -0.3 is 10.2 Å². The summed E-state index contributed by atoms with van der Waals surface area (Å²) >= 11 is 0. The SMILES string of the molecule is CC1=C(c2ccc(O)cc2)CCC(C(C)(C)C2CCC(c3ccc(O)cc3)=C(C)C2)C1. The lowest BCUT2D eigenvalue weighted by molar-refractivity contribution is 0.0946.